The summed E-state index contributed by atoms with van der Waals surface area (Å²) in [5.41, 5.74) is 1.89. The SMILES string of the molecule is CC.CN/C=C(\CC=N)C12C=C(NC(=O)c3ccnc(NC(=O)C4CC4)c3)C=NC1C2.[HH]. The predicted octanol–water partition coefficient (Wildman–Crippen LogP) is 3.30. The van der Waals surface area contributed by atoms with Gasteiger partial charge < -0.3 is 21.4 Å². The van der Waals surface area contributed by atoms with Crippen LogP contribution in [0.5, 0.6) is 0 Å². The number of amides is 2. The number of carbonyl (C=O) groups excluding carboxylic acids is 2. The van der Waals surface area contributed by atoms with Crippen LogP contribution in [0.25, 0.3) is 0 Å². The highest BCUT2D eigenvalue weighted by molar-refractivity contribution is 6.00. The van der Waals surface area contributed by atoms with E-state index in [0.29, 0.717) is 23.5 Å². The molecule has 4 N–H and O–H groups in total. The standard InChI is InChI=1S/C21H24N6O2.C2H6.H2/c1-23-11-15(4-6-22)21-9-16(12-25-17(21)10-21)26-20(29)14-5-7-24-18(8-14)27-19(28)13-2-3-13;1-2;/h5-9,11-13,17,22-23H,2-4,10H2,1H3,(H,26,29)(H,24,27,28);1-2H3;1H/b15-11+,22-6?;;. The van der Waals surface area contributed by atoms with Gasteiger partial charge in [0.2, 0.25) is 5.91 Å². The first-order chi connectivity index (χ1) is 15.1. The van der Waals surface area contributed by atoms with E-state index in [1.165, 1.54) is 12.4 Å². The summed E-state index contributed by atoms with van der Waals surface area (Å²) in [6.45, 7) is 4.00. The number of hydrogen-bond donors (Lipinski definition) is 4. The van der Waals surface area contributed by atoms with E-state index in [0.717, 1.165) is 24.8 Å². The molecule has 3 aliphatic rings. The predicted molar refractivity (Wildman–Crippen MR) is 124 cm³/mol. The minimum Gasteiger partial charge on any atom is -0.394 e. The van der Waals surface area contributed by atoms with Gasteiger partial charge in [-0.1, -0.05) is 13.8 Å². The summed E-state index contributed by atoms with van der Waals surface area (Å²) < 4.78 is 0. The van der Waals surface area contributed by atoms with E-state index < -0.39 is 0 Å². The summed E-state index contributed by atoms with van der Waals surface area (Å²) in [4.78, 5) is 33.3. The second-order valence-corrected chi connectivity index (χ2v) is 7.65. The van der Waals surface area contributed by atoms with Crippen LogP contribution < -0.4 is 16.0 Å². The third-order valence-electron chi connectivity index (χ3n) is 5.49. The van der Waals surface area contributed by atoms with E-state index in [9.17, 15) is 9.59 Å². The second-order valence-electron chi connectivity index (χ2n) is 7.65. The molecule has 1 aromatic heterocycles. The Morgan fingerprint density at radius 2 is 2.10 bits per heavy atom. The zero-order valence-electron chi connectivity index (χ0n) is 18.2. The Morgan fingerprint density at radius 3 is 2.77 bits per heavy atom. The molecule has 2 unspecified atom stereocenters. The average molecular weight is 425 g/mol. The first-order valence-corrected chi connectivity index (χ1v) is 10.8. The topological polar surface area (TPSA) is 119 Å². The first-order valence-electron chi connectivity index (χ1n) is 10.8. The van der Waals surface area contributed by atoms with Crippen molar-refractivity contribution in [3.8, 4) is 0 Å². The summed E-state index contributed by atoms with van der Waals surface area (Å²) in [5, 5.41) is 16.2. The van der Waals surface area contributed by atoms with Crippen LogP contribution in [0.2, 0.25) is 0 Å². The number of anilines is 1. The smallest absolute Gasteiger partial charge is 0.255 e. The number of aromatic nitrogens is 1. The van der Waals surface area contributed by atoms with Gasteiger partial charge in [0.05, 0.1) is 11.7 Å². The normalized spacial score (nSPS) is 23.4. The third kappa shape index (κ3) is 5.07. The molecule has 4 rings (SSSR count). The maximum absolute atomic E-state index is 12.7. The molecule has 8 heteroatoms. The number of hydrogen-bond acceptors (Lipinski definition) is 6. The lowest BCUT2D eigenvalue weighted by atomic mass is 9.91. The Hall–Kier alpha value is -3.29. The van der Waals surface area contributed by atoms with Crippen molar-refractivity contribution >= 4 is 30.1 Å². The summed E-state index contributed by atoms with van der Waals surface area (Å²) in [5.74, 6) is 0.118. The molecule has 2 saturated carbocycles. The molecule has 166 valence electrons. The number of dihydropyridines is 1. The van der Waals surface area contributed by atoms with Crippen LogP contribution in [0.1, 0.15) is 51.3 Å². The van der Waals surface area contributed by atoms with Gasteiger partial charge in [0, 0.05) is 44.2 Å². The zero-order valence-corrected chi connectivity index (χ0v) is 18.2. The Balaban J connectivity index is 0.00000118. The van der Waals surface area contributed by atoms with Crippen LogP contribution in [0.3, 0.4) is 0 Å². The van der Waals surface area contributed by atoms with E-state index in [-0.39, 0.29) is 30.6 Å². The zero-order chi connectivity index (χ0) is 22.4. The number of nitrogens with one attached hydrogen (secondary N) is 4. The number of aliphatic imine (C=N–C) groups is 1. The fraction of sp³-hybridized carbons (Fsp3) is 0.435. The molecule has 1 aliphatic heterocycles. The minimum atomic E-state index is -0.285. The van der Waals surface area contributed by atoms with Crippen LogP contribution in [0.4, 0.5) is 5.82 Å². The van der Waals surface area contributed by atoms with Crippen molar-refractivity contribution in [3.63, 3.8) is 0 Å². The summed E-state index contributed by atoms with van der Waals surface area (Å²) in [7, 11) is 1.83. The number of rotatable bonds is 8. The molecule has 2 aliphatic carbocycles. The molecular weight excluding hydrogens is 392 g/mol. The minimum absolute atomic E-state index is 0. The van der Waals surface area contributed by atoms with Crippen molar-refractivity contribution in [2.24, 2.45) is 16.3 Å². The Morgan fingerprint density at radius 1 is 1.32 bits per heavy atom. The molecule has 31 heavy (non-hydrogen) atoms. The molecule has 0 bridgehead atoms. The molecule has 0 aromatic carbocycles. The fourth-order valence-electron chi connectivity index (χ4n) is 3.68. The maximum atomic E-state index is 12.7. The summed E-state index contributed by atoms with van der Waals surface area (Å²) in [6.07, 6.45) is 11.8. The van der Waals surface area contributed by atoms with Crippen LogP contribution in [0.15, 0.2) is 46.9 Å². The van der Waals surface area contributed by atoms with Gasteiger partial charge in [-0.05, 0) is 55.5 Å². The van der Waals surface area contributed by atoms with Gasteiger partial charge >= 0.3 is 0 Å². The number of fused-ring (bicyclic) bond motifs is 1. The highest BCUT2D eigenvalue weighted by Gasteiger charge is 2.56. The quantitative estimate of drug-likeness (QED) is 0.479. The van der Waals surface area contributed by atoms with Crippen molar-refractivity contribution in [3.05, 3.63) is 47.4 Å². The highest BCUT2D eigenvalue weighted by Crippen LogP contribution is 2.57. The van der Waals surface area contributed by atoms with E-state index in [1.54, 1.807) is 18.3 Å². The third-order valence-corrected chi connectivity index (χ3v) is 5.49. The van der Waals surface area contributed by atoms with Crippen LogP contribution >= 0.6 is 0 Å². The fourth-order valence-corrected chi connectivity index (χ4v) is 3.68. The van der Waals surface area contributed by atoms with Crippen LogP contribution in [0, 0.1) is 16.7 Å². The molecule has 8 nitrogen and oxygen atoms in total. The van der Waals surface area contributed by atoms with Gasteiger partial charge in [-0.15, -0.1) is 0 Å². The van der Waals surface area contributed by atoms with Gasteiger partial charge in [0.25, 0.3) is 5.91 Å². The lowest BCUT2D eigenvalue weighted by molar-refractivity contribution is -0.117. The lowest BCUT2D eigenvalue weighted by Gasteiger charge is -2.20. The van der Waals surface area contributed by atoms with Gasteiger partial charge in [-0.2, -0.15) is 0 Å². The maximum Gasteiger partial charge on any atom is 0.255 e. The number of nitrogens with zero attached hydrogens (tertiary/aromatic N) is 2. The highest BCUT2D eigenvalue weighted by atomic mass is 16.2. The molecule has 1 aromatic rings. The van der Waals surface area contributed by atoms with Gasteiger partial charge in [0.15, 0.2) is 0 Å². The molecule has 2 atom stereocenters. The Kier molecular flexibility index (Phi) is 6.99. The van der Waals surface area contributed by atoms with E-state index in [2.05, 4.69) is 25.9 Å². The van der Waals surface area contributed by atoms with Crippen LogP contribution in [-0.4, -0.2) is 42.3 Å². The van der Waals surface area contributed by atoms with Gasteiger partial charge in [0.1, 0.15) is 5.82 Å². The van der Waals surface area contributed by atoms with Crippen molar-refractivity contribution in [2.75, 3.05) is 12.4 Å². The molecule has 0 saturated heterocycles. The molecule has 2 amide bonds. The number of carbonyl (C=O) groups is 2. The monoisotopic (exact) mass is 424 g/mol. The van der Waals surface area contributed by atoms with Crippen molar-refractivity contribution < 1.29 is 11.0 Å². The summed E-state index contributed by atoms with van der Waals surface area (Å²) in [6, 6.07) is 3.35. The van der Waals surface area contributed by atoms with E-state index in [1.807, 2.05) is 33.2 Å². The van der Waals surface area contributed by atoms with Crippen molar-refractivity contribution in [2.45, 2.75) is 45.6 Å². The average Bonchev–Trinajstić information content (AvgIpc) is 3.69. The largest absolute Gasteiger partial charge is 0.394 e. The van der Waals surface area contributed by atoms with E-state index >= 15 is 0 Å². The van der Waals surface area contributed by atoms with E-state index in [4.69, 9.17) is 5.41 Å². The Bertz CT molecular complexity index is 954. The van der Waals surface area contributed by atoms with Gasteiger partial charge in [-0.3, -0.25) is 14.6 Å². The molecule has 0 spiro atoms. The molecule has 0 radical (unpaired) electrons. The molecular formula is C23H32N6O2. The number of pyridine rings is 1. The van der Waals surface area contributed by atoms with Crippen molar-refractivity contribution in [1.29, 1.82) is 5.41 Å². The number of allylic oxidation sites excluding steroid dienone is 1. The second kappa shape index (κ2) is 9.68. The lowest BCUT2D eigenvalue weighted by Crippen LogP contribution is -2.27. The Labute approximate surface area is 184 Å². The van der Waals surface area contributed by atoms with Crippen LogP contribution in [-0.2, 0) is 4.79 Å². The summed E-state index contributed by atoms with van der Waals surface area (Å²) >= 11 is 0. The van der Waals surface area contributed by atoms with Crippen molar-refractivity contribution in [1.82, 2.24) is 15.6 Å². The first kappa shape index (κ1) is 22.4. The molecule has 2 fully saturated rings. The van der Waals surface area contributed by atoms with Gasteiger partial charge in [-0.25, -0.2) is 4.98 Å². The molecule has 2 heterocycles.